The molecule has 26 nitrogen and oxygen atoms in total. The minimum atomic E-state index is -5.47. The number of fused-ring (bicyclic) bond motifs is 2. The summed E-state index contributed by atoms with van der Waals surface area (Å²) in [4.78, 5) is 7.21. The number of sulfone groups is 1. The van der Waals surface area contributed by atoms with Gasteiger partial charge in [0, 0.05) is 21.8 Å². The molecule has 6 aromatic rings. The summed E-state index contributed by atoms with van der Waals surface area (Å²) in [7, 11) is -30.5. The second-order valence-electron chi connectivity index (χ2n) is 12.7. The Hall–Kier alpha value is -5.62. The zero-order valence-corrected chi connectivity index (χ0v) is 36.7. The Bertz CT molecular complexity index is 3670. The minimum Gasteiger partial charge on any atom is -0.505 e. The number of phenols is 1. The van der Waals surface area contributed by atoms with Crippen LogP contribution >= 0.6 is 11.6 Å². The van der Waals surface area contributed by atoms with E-state index in [1.165, 1.54) is 0 Å². The number of nitrogens with one attached hydrogen (secondary N) is 2. The standard InChI is InChI=1S/C31H24ClN7O19S6/c1-14(58-64(55,56)57)59(41,42)17-7-5-16(6-8-17)33-30-35-29(32)36-31(37-30)34-22-13-18(60(43,44)45)11-15-12-24(62(49,50)51)26(27(40)25(15)22)39-38-21-10-9-19-20(28(21)63(52,53)54)3-2-4-23(19)61(46,47)48/h2-14,40H,1H3,(H,43,44,45)(H,46,47,48)(H,49,50,51)(H,52,53,54)(H,55,56,57)(H2,33,34,35,36,37). The fourth-order valence-corrected chi connectivity index (χ4v) is 10.7. The van der Waals surface area contributed by atoms with E-state index in [1.54, 1.807) is 0 Å². The third-order valence-electron chi connectivity index (χ3n) is 8.43. The van der Waals surface area contributed by atoms with Crippen molar-refractivity contribution in [3.05, 3.63) is 78.1 Å². The van der Waals surface area contributed by atoms with E-state index in [2.05, 4.69) is 40.0 Å². The number of phenolic OH excluding ortho intramolecular Hbond substituents is 1. The van der Waals surface area contributed by atoms with Crippen LogP contribution in [0.4, 0.5) is 34.6 Å². The van der Waals surface area contributed by atoms with Gasteiger partial charge in [0.05, 0.1) is 15.5 Å². The lowest BCUT2D eigenvalue weighted by Crippen LogP contribution is -2.24. The van der Waals surface area contributed by atoms with Crippen LogP contribution in [0.25, 0.3) is 21.5 Å². The molecule has 6 rings (SSSR count). The number of benzene rings is 5. The maximum Gasteiger partial charge on any atom is 0.398 e. The molecule has 8 N–H and O–H groups in total. The molecule has 0 bridgehead atoms. The fraction of sp³-hybridized carbons (Fsp3) is 0.0645. The summed E-state index contributed by atoms with van der Waals surface area (Å²) in [6.45, 7) is 0.853. The molecule has 33 heteroatoms. The van der Waals surface area contributed by atoms with Crippen molar-refractivity contribution in [1.82, 2.24) is 15.0 Å². The second-order valence-corrected chi connectivity index (χ2v) is 21.8. The molecule has 0 saturated heterocycles. The van der Waals surface area contributed by atoms with E-state index in [-0.39, 0.29) is 5.69 Å². The maximum atomic E-state index is 12.7. The molecule has 0 amide bonds. The summed E-state index contributed by atoms with van der Waals surface area (Å²) in [6, 6.07) is 10.9. The molecule has 0 aliphatic carbocycles. The zero-order valence-electron chi connectivity index (χ0n) is 31.1. The van der Waals surface area contributed by atoms with Crippen LogP contribution < -0.4 is 10.6 Å². The van der Waals surface area contributed by atoms with Gasteiger partial charge in [0.25, 0.3) is 40.5 Å². The summed E-state index contributed by atoms with van der Waals surface area (Å²) in [5.74, 6) is -2.19. The first-order valence-corrected chi connectivity index (χ1v) is 25.6. The van der Waals surface area contributed by atoms with Crippen LogP contribution in [0.1, 0.15) is 6.92 Å². The molecule has 64 heavy (non-hydrogen) atoms. The Balaban J connectivity index is 1.47. The number of hydrogen-bond acceptors (Lipinski definition) is 21. The first-order chi connectivity index (χ1) is 29.3. The van der Waals surface area contributed by atoms with Crippen molar-refractivity contribution >= 4 is 129 Å². The highest BCUT2D eigenvalue weighted by Gasteiger charge is 2.30. The maximum absolute atomic E-state index is 12.7. The molecule has 0 saturated carbocycles. The SMILES string of the molecule is CC(OS(=O)(=O)O)S(=O)(=O)c1ccc(Nc2nc(Cl)nc(Nc3cc(S(=O)(=O)O)cc4cc(S(=O)(=O)O)c(N=Nc5ccc6c(S(=O)(=O)O)cccc6c5S(=O)(=O)O)c(O)c34)n2)cc1. The Labute approximate surface area is 365 Å². The molecular weight excluding hydrogens is 1000 g/mol. The van der Waals surface area contributed by atoms with Gasteiger partial charge in [0.15, 0.2) is 11.2 Å². The lowest BCUT2D eigenvalue weighted by atomic mass is 10.1. The average Bonchev–Trinajstić information content (AvgIpc) is 3.14. The predicted molar refractivity (Wildman–Crippen MR) is 220 cm³/mol. The summed E-state index contributed by atoms with van der Waals surface area (Å²) in [5.41, 5.74) is -4.47. The quantitative estimate of drug-likeness (QED) is 0.0554. The molecule has 340 valence electrons. The lowest BCUT2D eigenvalue weighted by Gasteiger charge is -2.15. The van der Waals surface area contributed by atoms with Crippen molar-refractivity contribution in [2.75, 3.05) is 10.6 Å². The molecule has 0 aliphatic heterocycles. The van der Waals surface area contributed by atoms with Gasteiger partial charge in [0.1, 0.15) is 26.1 Å². The predicted octanol–water partition coefficient (Wildman–Crippen LogP) is 4.37. The molecule has 1 aromatic heterocycles. The van der Waals surface area contributed by atoms with E-state index in [1.807, 2.05) is 0 Å². The highest BCUT2D eigenvalue weighted by Crippen LogP contribution is 2.46. The van der Waals surface area contributed by atoms with Crippen LogP contribution in [-0.2, 0) is 64.9 Å². The first-order valence-electron chi connectivity index (χ1n) is 16.5. The molecule has 1 heterocycles. The Morgan fingerprint density at radius 3 is 1.81 bits per heavy atom. The van der Waals surface area contributed by atoms with Gasteiger partial charge in [-0.2, -0.15) is 57.0 Å². The van der Waals surface area contributed by atoms with Crippen molar-refractivity contribution < 1.29 is 82.6 Å². The summed E-state index contributed by atoms with van der Waals surface area (Å²) in [6.07, 6.45) is 0. The van der Waals surface area contributed by atoms with E-state index in [9.17, 15) is 73.8 Å². The van der Waals surface area contributed by atoms with E-state index in [0.29, 0.717) is 18.2 Å². The number of anilines is 4. The van der Waals surface area contributed by atoms with Crippen LogP contribution in [0.3, 0.4) is 0 Å². The second kappa shape index (κ2) is 16.7. The van der Waals surface area contributed by atoms with Crippen molar-refractivity contribution in [2.24, 2.45) is 10.2 Å². The van der Waals surface area contributed by atoms with Crippen molar-refractivity contribution in [3.8, 4) is 5.75 Å². The summed E-state index contributed by atoms with van der Waals surface area (Å²) >= 11 is 6.10. The van der Waals surface area contributed by atoms with E-state index in [0.717, 1.165) is 61.5 Å². The summed E-state index contributed by atoms with van der Waals surface area (Å²) < 4.78 is 199. The van der Waals surface area contributed by atoms with Gasteiger partial charge in [-0.15, -0.1) is 10.2 Å². The number of nitrogens with zero attached hydrogens (tertiary/aromatic N) is 5. The number of azo groups is 1. The van der Waals surface area contributed by atoms with E-state index >= 15 is 0 Å². The Morgan fingerprint density at radius 1 is 0.641 bits per heavy atom. The van der Waals surface area contributed by atoms with Crippen LogP contribution in [0.2, 0.25) is 5.28 Å². The van der Waals surface area contributed by atoms with Gasteiger partial charge in [-0.3, -0.25) is 22.8 Å². The van der Waals surface area contributed by atoms with Gasteiger partial charge < -0.3 is 15.7 Å². The normalized spacial score (nSPS) is 13.7. The number of rotatable bonds is 14. The lowest BCUT2D eigenvalue weighted by molar-refractivity contribution is 0.251. The molecule has 1 atom stereocenters. The van der Waals surface area contributed by atoms with Crippen molar-refractivity contribution in [2.45, 2.75) is 36.8 Å². The van der Waals surface area contributed by atoms with Crippen molar-refractivity contribution in [1.29, 1.82) is 0 Å². The van der Waals surface area contributed by atoms with Crippen LogP contribution in [0.5, 0.6) is 5.75 Å². The van der Waals surface area contributed by atoms with Crippen LogP contribution in [-0.4, -0.2) is 98.8 Å². The van der Waals surface area contributed by atoms with Crippen LogP contribution in [0, 0.1) is 0 Å². The third-order valence-corrected chi connectivity index (χ3v) is 14.7. The topological polar surface area (TPSA) is 423 Å². The number of hydrogen-bond donors (Lipinski definition) is 8. The number of halogens is 1. The molecule has 0 spiro atoms. The Kier molecular flexibility index (Phi) is 12.5. The highest BCUT2D eigenvalue weighted by atomic mass is 35.5. The largest absolute Gasteiger partial charge is 0.505 e. The van der Waals surface area contributed by atoms with Crippen molar-refractivity contribution in [3.63, 3.8) is 0 Å². The van der Waals surface area contributed by atoms with Gasteiger partial charge in [-0.05, 0) is 78.5 Å². The fourth-order valence-electron chi connectivity index (χ4n) is 5.82. The molecule has 0 fully saturated rings. The smallest absolute Gasteiger partial charge is 0.398 e. The van der Waals surface area contributed by atoms with Gasteiger partial charge in [-0.25, -0.2) is 12.6 Å². The van der Waals surface area contributed by atoms with Gasteiger partial charge in [0.2, 0.25) is 27.0 Å². The molecule has 0 aliphatic rings. The van der Waals surface area contributed by atoms with E-state index in [4.69, 9.17) is 16.2 Å². The van der Waals surface area contributed by atoms with Crippen LogP contribution in [0.15, 0.2) is 108 Å². The third kappa shape index (κ3) is 10.3. The van der Waals surface area contributed by atoms with Gasteiger partial charge in [-0.1, -0.05) is 18.2 Å². The van der Waals surface area contributed by atoms with E-state index < -0.39 is 152 Å². The monoisotopic (exact) mass is 1020 g/mol. The highest BCUT2D eigenvalue weighted by molar-refractivity contribution is 7.92. The molecule has 0 radical (unpaired) electrons. The minimum absolute atomic E-state index is 0.0715. The first kappa shape index (κ1) is 47.8. The number of aromatic hydroxyl groups is 1. The summed E-state index contributed by atoms with van der Waals surface area (Å²) in [5, 5.41) is 21.4. The zero-order chi connectivity index (χ0) is 47.5. The average molecular weight is 1030 g/mol. The molecule has 1 unspecified atom stereocenters. The number of aromatic nitrogens is 3. The molecular formula is C31H24ClN7O19S6. The Morgan fingerprint density at radius 2 is 1.25 bits per heavy atom. The van der Waals surface area contributed by atoms with Gasteiger partial charge >= 0.3 is 10.4 Å². The molecule has 5 aromatic carbocycles.